The SMILES string of the molecule is C[C@H](NC(CO)C(C)(C)[N+](=O)[O-])c1ccccc1. The first-order valence-corrected chi connectivity index (χ1v) is 5.96. The van der Waals surface area contributed by atoms with E-state index in [9.17, 15) is 15.2 Å². The number of nitro groups is 1. The standard InChI is InChI=1S/C13H20N2O3/c1-10(11-7-5-4-6-8-11)14-12(9-16)13(2,3)15(17)18/h4-8,10,12,14,16H,9H2,1-3H3/t10-,12?/m0/s1. The van der Waals surface area contributed by atoms with Gasteiger partial charge in [-0.1, -0.05) is 30.3 Å². The fraction of sp³-hybridized carbons (Fsp3) is 0.538. The zero-order chi connectivity index (χ0) is 13.8. The zero-order valence-corrected chi connectivity index (χ0v) is 11.0. The van der Waals surface area contributed by atoms with Gasteiger partial charge >= 0.3 is 0 Å². The summed E-state index contributed by atoms with van der Waals surface area (Å²) in [5, 5.41) is 23.4. The van der Waals surface area contributed by atoms with E-state index < -0.39 is 11.6 Å². The predicted octanol–water partition coefficient (Wildman–Crippen LogP) is 1.75. The lowest BCUT2D eigenvalue weighted by atomic mass is 9.94. The van der Waals surface area contributed by atoms with Crippen molar-refractivity contribution in [3.63, 3.8) is 0 Å². The third-order valence-electron chi connectivity index (χ3n) is 3.26. The second-order valence-electron chi connectivity index (χ2n) is 4.94. The molecular weight excluding hydrogens is 232 g/mol. The minimum atomic E-state index is -1.21. The van der Waals surface area contributed by atoms with Crippen LogP contribution in [0.1, 0.15) is 32.4 Å². The Morgan fingerprint density at radius 3 is 2.39 bits per heavy atom. The molecule has 0 radical (unpaired) electrons. The van der Waals surface area contributed by atoms with Gasteiger partial charge in [0.15, 0.2) is 0 Å². The Bertz CT molecular complexity index is 392. The first kappa shape index (κ1) is 14.6. The molecule has 0 saturated heterocycles. The van der Waals surface area contributed by atoms with E-state index in [0.29, 0.717) is 0 Å². The Morgan fingerprint density at radius 2 is 1.94 bits per heavy atom. The minimum Gasteiger partial charge on any atom is -0.394 e. The lowest BCUT2D eigenvalue weighted by Crippen LogP contribution is -2.54. The summed E-state index contributed by atoms with van der Waals surface area (Å²) in [4.78, 5) is 10.6. The van der Waals surface area contributed by atoms with Crippen LogP contribution < -0.4 is 5.32 Å². The highest BCUT2D eigenvalue weighted by Crippen LogP contribution is 2.18. The van der Waals surface area contributed by atoms with Crippen molar-refractivity contribution in [1.82, 2.24) is 5.32 Å². The molecule has 0 fully saturated rings. The fourth-order valence-electron chi connectivity index (χ4n) is 1.75. The van der Waals surface area contributed by atoms with E-state index in [1.807, 2.05) is 37.3 Å². The Kier molecular flexibility index (Phi) is 4.81. The van der Waals surface area contributed by atoms with Crippen LogP contribution in [0.3, 0.4) is 0 Å². The number of benzene rings is 1. The first-order chi connectivity index (χ1) is 8.39. The molecule has 18 heavy (non-hydrogen) atoms. The molecule has 2 atom stereocenters. The van der Waals surface area contributed by atoms with Crippen molar-refractivity contribution in [1.29, 1.82) is 0 Å². The summed E-state index contributed by atoms with van der Waals surface area (Å²) >= 11 is 0. The molecule has 1 aromatic rings. The molecule has 0 aliphatic heterocycles. The van der Waals surface area contributed by atoms with Gasteiger partial charge in [0.2, 0.25) is 5.54 Å². The quantitative estimate of drug-likeness (QED) is 0.597. The van der Waals surface area contributed by atoms with Crippen LogP contribution in [0.4, 0.5) is 0 Å². The van der Waals surface area contributed by atoms with Crippen LogP contribution >= 0.6 is 0 Å². The fourth-order valence-corrected chi connectivity index (χ4v) is 1.75. The molecule has 0 aliphatic carbocycles. The number of hydrogen-bond acceptors (Lipinski definition) is 4. The average Bonchev–Trinajstić information content (AvgIpc) is 2.36. The van der Waals surface area contributed by atoms with Crippen molar-refractivity contribution < 1.29 is 10.0 Å². The van der Waals surface area contributed by atoms with E-state index >= 15 is 0 Å². The van der Waals surface area contributed by atoms with Gasteiger partial charge in [-0.25, -0.2) is 0 Å². The molecule has 100 valence electrons. The molecule has 0 spiro atoms. The van der Waals surface area contributed by atoms with Gasteiger partial charge in [-0.15, -0.1) is 0 Å². The van der Waals surface area contributed by atoms with Crippen LogP contribution in [0.2, 0.25) is 0 Å². The third-order valence-corrected chi connectivity index (χ3v) is 3.26. The van der Waals surface area contributed by atoms with Gasteiger partial charge in [-0.2, -0.15) is 0 Å². The number of rotatable bonds is 6. The molecule has 0 amide bonds. The topological polar surface area (TPSA) is 75.4 Å². The van der Waals surface area contributed by atoms with Crippen molar-refractivity contribution >= 4 is 0 Å². The van der Waals surface area contributed by atoms with Crippen LogP contribution in [0, 0.1) is 10.1 Å². The van der Waals surface area contributed by atoms with Gasteiger partial charge in [0.1, 0.15) is 6.04 Å². The van der Waals surface area contributed by atoms with Gasteiger partial charge in [0.05, 0.1) is 6.61 Å². The summed E-state index contributed by atoms with van der Waals surface area (Å²) in [6.07, 6.45) is 0. The average molecular weight is 252 g/mol. The number of nitrogens with one attached hydrogen (secondary N) is 1. The molecule has 0 bridgehead atoms. The Hall–Kier alpha value is -1.46. The van der Waals surface area contributed by atoms with Crippen LogP contribution in [-0.2, 0) is 0 Å². The molecule has 5 nitrogen and oxygen atoms in total. The van der Waals surface area contributed by atoms with Crippen molar-refractivity contribution in [2.24, 2.45) is 0 Å². The zero-order valence-electron chi connectivity index (χ0n) is 11.0. The van der Waals surface area contributed by atoms with Crippen LogP contribution in [-0.4, -0.2) is 28.2 Å². The van der Waals surface area contributed by atoms with E-state index in [4.69, 9.17) is 0 Å². The van der Waals surface area contributed by atoms with Crippen molar-refractivity contribution in [3.05, 3.63) is 46.0 Å². The maximum Gasteiger partial charge on any atom is 0.234 e. The van der Waals surface area contributed by atoms with E-state index in [1.165, 1.54) is 13.8 Å². The maximum atomic E-state index is 11.0. The second kappa shape index (κ2) is 5.93. The lowest BCUT2D eigenvalue weighted by molar-refractivity contribution is -0.566. The van der Waals surface area contributed by atoms with Gasteiger partial charge in [-0.3, -0.25) is 15.4 Å². The summed E-state index contributed by atoms with van der Waals surface area (Å²) in [5.41, 5.74) is -0.173. The summed E-state index contributed by atoms with van der Waals surface area (Å²) in [6, 6.07) is 9.00. The highest BCUT2D eigenvalue weighted by atomic mass is 16.6. The third kappa shape index (κ3) is 3.27. The highest BCUT2D eigenvalue weighted by molar-refractivity contribution is 5.18. The van der Waals surface area contributed by atoms with E-state index in [-0.39, 0.29) is 17.6 Å². The molecule has 2 N–H and O–H groups in total. The predicted molar refractivity (Wildman–Crippen MR) is 69.9 cm³/mol. The molecule has 1 unspecified atom stereocenters. The van der Waals surface area contributed by atoms with Crippen molar-refractivity contribution in [3.8, 4) is 0 Å². The number of aliphatic hydroxyl groups excluding tert-OH is 1. The molecule has 0 saturated carbocycles. The molecule has 5 heteroatoms. The molecule has 1 rings (SSSR count). The maximum absolute atomic E-state index is 11.0. The van der Waals surface area contributed by atoms with E-state index in [0.717, 1.165) is 5.56 Å². The largest absolute Gasteiger partial charge is 0.394 e. The number of aliphatic hydroxyl groups is 1. The molecule has 0 heterocycles. The van der Waals surface area contributed by atoms with Gasteiger partial charge in [0, 0.05) is 24.8 Å². The minimum absolute atomic E-state index is 0.0532. The van der Waals surface area contributed by atoms with Gasteiger partial charge < -0.3 is 5.11 Å². The van der Waals surface area contributed by atoms with Crippen LogP contribution in [0.15, 0.2) is 30.3 Å². The summed E-state index contributed by atoms with van der Waals surface area (Å²) < 4.78 is 0. The normalized spacial score (nSPS) is 15.1. The Labute approximate surface area is 107 Å². The monoisotopic (exact) mass is 252 g/mol. The summed E-state index contributed by atoms with van der Waals surface area (Å²) in [7, 11) is 0. The molecule has 0 aliphatic rings. The summed E-state index contributed by atoms with van der Waals surface area (Å²) in [5.74, 6) is 0. The molecule has 1 aromatic carbocycles. The lowest BCUT2D eigenvalue weighted by Gasteiger charge is -2.29. The molecule has 0 aromatic heterocycles. The molecular formula is C13H20N2O3. The number of nitrogens with zero attached hydrogens (tertiary/aromatic N) is 1. The Balaban J connectivity index is 2.78. The Morgan fingerprint density at radius 1 is 1.39 bits per heavy atom. The first-order valence-electron chi connectivity index (χ1n) is 5.96. The van der Waals surface area contributed by atoms with Crippen molar-refractivity contribution in [2.45, 2.75) is 38.4 Å². The smallest absolute Gasteiger partial charge is 0.234 e. The van der Waals surface area contributed by atoms with Crippen molar-refractivity contribution in [2.75, 3.05) is 6.61 Å². The van der Waals surface area contributed by atoms with Gasteiger partial charge in [0.25, 0.3) is 0 Å². The van der Waals surface area contributed by atoms with E-state index in [1.54, 1.807) is 0 Å². The van der Waals surface area contributed by atoms with Crippen LogP contribution in [0.25, 0.3) is 0 Å². The number of hydrogen-bond donors (Lipinski definition) is 2. The highest BCUT2D eigenvalue weighted by Gasteiger charge is 2.41. The van der Waals surface area contributed by atoms with Gasteiger partial charge in [-0.05, 0) is 12.5 Å². The summed E-state index contributed by atoms with van der Waals surface area (Å²) in [6.45, 7) is 4.68. The second-order valence-corrected chi connectivity index (χ2v) is 4.94. The van der Waals surface area contributed by atoms with E-state index in [2.05, 4.69) is 5.32 Å². The van der Waals surface area contributed by atoms with Crippen LogP contribution in [0.5, 0.6) is 0 Å².